The molecule has 3 nitrogen and oxygen atoms in total. The Morgan fingerprint density at radius 3 is 3.00 bits per heavy atom. The van der Waals surface area contributed by atoms with Crippen LogP contribution in [-0.4, -0.2) is 55.3 Å². The molecule has 0 spiro atoms. The van der Waals surface area contributed by atoms with Gasteiger partial charge in [0.05, 0.1) is 13.2 Å². The second-order valence-electron chi connectivity index (χ2n) is 2.97. The van der Waals surface area contributed by atoms with Crippen LogP contribution in [0.15, 0.2) is 0 Å². The molecule has 0 aliphatic carbocycles. The van der Waals surface area contributed by atoms with Gasteiger partial charge < -0.3 is 10.1 Å². The number of nitrogens with zero attached hydrogens (tertiary/aromatic N) is 1. The van der Waals surface area contributed by atoms with Crippen molar-refractivity contribution in [3.8, 4) is 0 Å². The maximum atomic E-state index is 5.36. The zero-order valence-corrected chi connectivity index (χ0v) is 9.71. The third-order valence-electron chi connectivity index (χ3n) is 2.31. The first kappa shape index (κ1) is 10.7. The summed E-state index contributed by atoms with van der Waals surface area (Å²) >= 11 is 2.15. The van der Waals surface area contributed by atoms with Crippen molar-refractivity contribution in [2.45, 2.75) is 6.04 Å². The first-order chi connectivity index (χ1) is 5.97. The predicted octanol–water partition coefficient (Wildman–Crippen LogP) is 0.342. The number of alkyl halides is 1. The third-order valence-corrected chi connectivity index (χ3v) is 2.31. The highest BCUT2D eigenvalue weighted by Crippen LogP contribution is 2.07. The first-order valence-corrected chi connectivity index (χ1v) is 6.53. The van der Waals surface area contributed by atoms with Crippen molar-refractivity contribution >= 4 is 22.6 Å². The zero-order valence-electron chi connectivity index (χ0n) is 7.55. The van der Waals surface area contributed by atoms with E-state index in [4.69, 9.17) is 4.74 Å². The molecule has 72 valence electrons. The quantitative estimate of drug-likeness (QED) is 0.513. The van der Waals surface area contributed by atoms with Crippen LogP contribution in [0.3, 0.4) is 0 Å². The number of hydrogen-bond acceptors (Lipinski definition) is 3. The SMILES string of the molecule is C1CN2CCOC[C@@H]2CN1.CI. The average molecular weight is 284 g/mol. The van der Waals surface area contributed by atoms with Gasteiger partial charge in [-0.15, -0.1) is 0 Å². The number of morpholine rings is 1. The van der Waals surface area contributed by atoms with Gasteiger partial charge in [-0.2, -0.15) is 0 Å². The van der Waals surface area contributed by atoms with Crippen LogP contribution >= 0.6 is 22.6 Å². The molecule has 0 radical (unpaired) electrons. The molecule has 2 fully saturated rings. The molecule has 12 heavy (non-hydrogen) atoms. The third kappa shape index (κ3) is 2.83. The normalized spacial score (nSPS) is 30.0. The van der Waals surface area contributed by atoms with Gasteiger partial charge in [-0.25, -0.2) is 0 Å². The van der Waals surface area contributed by atoms with Gasteiger partial charge in [0.1, 0.15) is 0 Å². The fraction of sp³-hybridized carbons (Fsp3) is 1.00. The Labute approximate surface area is 88.0 Å². The lowest BCUT2D eigenvalue weighted by Gasteiger charge is -2.39. The number of rotatable bonds is 0. The van der Waals surface area contributed by atoms with Crippen LogP contribution in [0.4, 0.5) is 0 Å². The maximum absolute atomic E-state index is 5.36. The summed E-state index contributed by atoms with van der Waals surface area (Å²) in [4.78, 5) is 4.48. The van der Waals surface area contributed by atoms with E-state index < -0.39 is 0 Å². The van der Waals surface area contributed by atoms with E-state index in [2.05, 4.69) is 32.8 Å². The monoisotopic (exact) mass is 284 g/mol. The van der Waals surface area contributed by atoms with Gasteiger partial charge in [0.15, 0.2) is 0 Å². The van der Waals surface area contributed by atoms with Gasteiger partial charge in [-0.05, 0) is 4.93 Å². The van der Waals surface area contributed by atoms with Crippen LogP contribution in [0.1, 0.15) is 0 Å². The van der Waals surface area contributed by atoms with E-state index in [1.807, 2.05) is 4.93 Å². The molecule has 2 saturated heterocycles. The van der Waals surface area contributed by atoms with E-state index in [0.29, 0.717) is 6.04 Å². The Morgan fingerprint density at radius 1 is 1.42 bits per heavy atom. The van der Waals surface area contributed by atoms with Crippen LogP contribution in [0.5, 0.6) is 0 Å². The average Bonchev–Trinajstić information content (AvgIpc) is 2.21. The van der Waals surface area contributed by atoms with E-state index >= 15 is 0 Å². The van der Waals surface area contributed by atoms with Gasteiger partial charge in [0, 0.05) is 32.2 Å². The molecule has 0 amide bonds. The van der Waals surface area contributed by atoms with Gasteiger partial charge in [-0.3, -0.25) is 4.90 Å². The molecule has 1 atom stereocenters. The highest BCUT2D eigenvalue weighted by molar-refractivity contribution is 14.1. The number of ether oxygens (including phenoxy) is 1. The van der Waals surface area contributed by atoms with Crippen molar-refractivity contribution in [3.05, 3.63) is 0 Å². The molecule has 2 heterocycles. The molecule has 4 heteroatoms. The molecule has 0 bridgehead atoms. The molecular formula is C8H17IN2O. The Hall–Kier alpha value is 0.610. The maximum Gasteiger partial charge on any atom is 0.0634 e. The molecule has 0 aromatic heterocycles. The Balaban J connectivity index is 0.000000336. The van der Waals surface area contributed by atoms with Crippen molar-refractivity contribution in [3.63, 3.8) is 0 Å². The van der Waals surface area contributed by atoms with Crippen molar-refractivity contribution in [2.24, 2.45) is 0 Å². The summed E-state index contributed by atoms with van der Waals surface area (Å²) < 4.78 is 5.36. The van der Waals surface area contributed by atoms with Crippen LogP contribution in [0.2, 0.25) is 0 Å². The molecule has 0 saturated carbocycles. The second kappa shape index (κ2) is 6.12. The molecule has 1 N–H and O–H groups in total. The highest BCUT2D eigenvalue weighted by Gasteiger charge is 2.24. The van der Waals surface area contributed by atoms with Crippen molar-refractivity contribution in [2.75, 3.05) is 44.3 Å². The summed E-state index contributed by atoms with van der Waals surface area (Å²) in [6, 6.07) is 0.655. The van der Waals surface area contributed by atoms with Gasteiger partial charge in [0.25, 0.3) is 0 Å². The number of hydrogen-bond donors (Lipinski definition) is 1. The largest absolute Gasteiger partial charge is 0.378 e. The lowest BCUT2D eigenvalue weighted by atomic mass is 10.2. The topological polar surface area (TPSA) is 24.5 Å². The second-order valence-corrected chi connectivity index (χ2v) is 2.97. The van der Waals surface area contributed by atoms with Gasteiger partial charge in [-0.1, -0.05) is 22.6 Å². The summed E-state index contributed by atoms with van der Waals surface area (Å²) in [6.07, 6.45) is 0. The Morgan fingerprint density at radius 2 is 2.25 bits per heavy atom. The number of halogens is 1. The van der Waals surface area contributed by atoms with Gasteiger partial charge in [0.2, 0.25) is 0 Å². The molecule has 2 aliphatic rings. The predicted molar refractivity (Wildman–Crippen MR) is 59.0 cm³/mol. The highest BCUT2D eigenvalue weighted by atomic mass is 127. The van der Waals surface area contributed by atoms with Crippen LogP contribution < -0.4 is 5.32 Å². The number of nitrogens with one attached hydrogen (secondary N) is 1. The molecule has 2 rings (SSSR count). The van der Waals surface area contributed by atoms with E-state index in [-0.39, 0.29) is 0 Å². The van der Waals surface area contributed by atoms with Gasteiger partial charge >= 0.3 is 0 Å². The summed E-state index contributed by atoms with van der Waals surface area (Å²) in [5.41, 5.74) is 0. The minimum absolute atomic E-state index is 0.655. The van der Waals surface area contributed by atoms with Crippen LogP contribution in [0.25, 0.3) is 0 Å². The zero-order chi connectivity index (χ0) is 8.81. The first-order valence-electron chi connectivity index (χ1n) is 4.37. The molecule has 0 aromatic rings. The minimum atomic E-state index is 0.655. The summed E-state index contributed by atoms with van der Waals surface area (Å²) in [5, 5.41) is 3.36. The lowest BCUT2D eigenvalue weighted by molar-refractivity contribution is -0.0168. The van der Waals surface area contributed by atoms with E-state index in [9.17, 15) is 0 Å². The lowest BCUT2D eigenvalue weighted by Crippen LogP contribution is -2.56. The molecule has 2 aliphatic heterocycles. The van der Waals surface area contributed by atoms with Crippen molar-refractivity contribution < 1.29 is 4.74 Å². The summed E-state index contributed by atoms with van der Waals surface area (Å²) in [7, 11) is 0. The fourth-order valence-electron chi connectivity index (χ4n) is 1.66. The molecule has 0 unspecified atom stereocenters. The summed E-state index contributed by atoms with van der Waals surface area (Å²) in [5.74, 6) is 0. The van der Waals surface area contributed by atoms with E-state index in [0.717, 1.165) is 32.8 Å². The Bertz CT molecular complexity index is 97.6. The fourth-order valence-corrected chi connectivity index (χ4v) is 1.66. The standard InChI is InChI=1S/C7H14N2O.CH3I/c1-2-9-3-4-10-6-7(9)5-8-1;1-2/h7-8H,1-6H2;1H3/t7-;/m0./s1. The van der Waals surface area contributed by atoms with Crippen molar-refractivity contribution in [1.29, 1.82) is 0 Å². The summed E-state index contributed by atoms with van der Waals surface area (Å²) in [6.45, 7) is 6.44. The molecule has 0 aromatic carbocycles. The Kier molecular flexibility index (Phi) is 5.45. The number of fused-ring (bicyclic) bond motifs is 1. The van der Waals surface area contributed by atoms with Crippen LogP contribution in [-0.2, 0) is 4.74 Å². The van der Waals surface area contributed by atoms with Crippen LogP contribution in [0, 0.1) is 0 Å². The number of piperazine rings is 1. The van der Waals surface area contributed by atoms with E-state index in [1.165, 1.54) is 6.54 Å². The molecular weight excluding hydrogens is 267 g/mol. The smallest absolute Gasteiger partial charge is 0.0634 e. The van der Waals surface area contributed by atoms with Crippen molar-refractivity contribution in [1.82, 2.24) is 10.2 Å². The van der Waals surface area contributed by atoms with E-state index in [1.54, 1.807) is 0 Å². The minimum Gasteiger partial charge on any atom is -0.378 e.